The van der Waals surface area contributed by atoms with E-state index in [4.69, 9.17) is 16.7 Å². The lowest BCUT2D eigenvalue weighted by Gasteiger charge is -2.04. The number of benzene rings is 1. The molecule has 2 rings (SSSR count). The second-order valence-corrected chi connectivity index (χ2v) is 3.65. The smallest absolute Gasteiger partial charge is 0.337 e. The van der Waals surface area contributed by atoms with Gasteiger partial charge in [-0.05, 0) is 12.1 Å². The van der Waals surface area contributed by atoms with Crippen molar-refractivity contribution in [2.75, 3.05) is 0 Å². The maximum absolute atomic E-state index is 10.8. The number of pyridine rings is 1. The van der Waals surface area contributed by atoms with Crippen LogP contribution in [0.15, 0.2) is 42.7 Å². The average Bonchev–Trinajstić information content (AvgIpc) is 2.30. The second kappa shape index (κ2) is 4.33. The van der Waals surface area contributed by atoms with Gasteiger partial charge in [0.25, 0.3) is 0 Å². The van der Waals surface area contributed by atoms with Crippen molar-refractivity contribution in [3.63, 3.8) is 0 Å². The molecule has 1 N–H and O–H groups in total. The molecule has 2 aromatic rings. The highest BCUT2D eigenvalue weighted by atomic mass is 35.5. The Hall–Kier alpha value is -1.87. The van der Waals surface area contributed by atoms with Crippen molar-refractivity contribution < 1.29 is 9.90 Å². The number of aromatic carboxylic acids is 1. The molecule has 0 aliphatic rings. The summed E-state index contributed by atoms with van der Waals surface area (Å²) in [6.07, 6.45) is 2.90. The lowest BCUT2D eigenvalue weighted by atomic mass is 10.1. The predicted molar refractivity (Wildman–Crippen MR) is 61.6 cm³/mol. The SMILES string of the molecule is O=C(O)c1cncc(-c2ccccc2Cl)c1. The Kier molecular flexibility index (Phi) is 2.88. The lowest BCUT2D eigenvalue weighted by Crippen LogP contribution is -1.97. The number of aromatic nitrogens is 1. The molecule has 80 valence electrons. The van der Waals surface area contributed by atoms with Crippen LogP contribution in [0.3, 0.4) is 0 Å². The summed E-state index contributed by atoms with van der Waals surface area (Å²) in [5, 5.41) is 9.43. The Bertz CT molecular complexity index is 540. The molecule has 0 amide bonds. The quantitative estimate of drug-likeness (QED) is 0.867. The van der Waals surface area contributed by atoms with Crippen molar-refractivity contribution in [3.05, 3.63) is 53.3 Å². The fraction of sp³-hybridized carbons (Fsp3) is 0. The molecule has 0 atom stereocenters. The summed E-state index contributed by atoms with van der Waals surface area (Å²) in [5.74, 6) is -0.999. The molecule has 0 aliphatic carbocycles. The molecular weight excluding hydrogens is 226 g/mol. The van der Waals surface area contributed by atoms with Gasteiger partial charge >= 0.3 is 5.97 Å². The van der Waals surface area contributed by atoms with E-state index in [9.17, 15) is 4.79 Å². The van der Waals surface area contributed by atoms with E-state index in [2.05, 4.69) is 4.98 Å². The van der Waals surface area contributed by atoms with Crippen molar-refractivity contribution in [2.24, 2.45) is 0 Å². The molecule has 0 radical (unpaired) electrons. The van der Waals surface area contributed by atoms with Crippen LogP contribution < -0.4 is 0 Å². The number of carbonyl (C=O) groups is 1. The van der Waals surface area contributed by atoms with Crippen molar-refractivity contribution in [1.82, 2.24) is 4.98 Å². The van der Waals surface area contributed by atoms with Crippen LogP contribution in [-0.4, -0.2) is 16.1 Å². The van der Waals surface area contributed by atoms with Crippen LogP contribution in [0.2, 0.25) is 5.02 Å². The molecule has 0 unspecified atom stereocenters. The van der Waals surface area contributed by atoms with Crippen LogP contribution in [0.25, 0.3) is 11.1 Å². The zero-order valence-electron chi connectivity index (χ0n) is 8.22. The van der Waals surface area contributed by atoms with Gasteiger partial charge in [-0.15, -0.1) is 0 Å². The second-order valence-electron chi connectivity index (χ2n) is 3.25. The first-order valence-corrected chi connectivity index (χ1v) is 4.99. The molecule has 3 nitrogen and oxygen atoms in total. The minimum atomic E-state index is -0.999. The first kappa shape index (κ1) is 10.6. The number of rotatable bonds is 2. The van der Waals surface area contributed by atoms with E-state index in [1.165, 1.54) is 6.20 Å². The Balaban J connectivity index is 2.53. The normalized spacial score (nSPS) is 10.1. The number of hydrogen-bond acceptors (Lipinski definition) is 2. The summed E-state index contributed by atoms with van der Waals surface area (Å²) in [6.45, 7) is 0. The van der Waals surface area contributed by atoms with Gasteiger partial charge in [-0.25, -0.2) is 4.79 Å². The fourth-order valence-corrected chi connectivity index (χ4v) is 1.64. The molecule has 0 aliphatic heterocycles. The Morgan fingerprint density at radius 3 is 2.69 bits per heavy atom. The van der Waals surface area contributed by atoms with Crippen LogP contribution in [0, 0.1) is 0 Å². The van der Waals surface area contributed by atoms with E-state index in [1.807, 2.05) is 18.2 Å². The van der Waals surface area contributed by atoms with Gasteiger partial charge in [0.05, 0.1) is 5.56 Å². The number of carboxylic acids is 1. The van der Waals surface area contributed by atoms with Crippen LogP contribution in [0.4, 0.5) is 0 Å². The largest absolute Gasteiger partial charge is 0.478 e. The van der Waals surface area contributed by atoms with Gasteiger partial charge in [-0.3, -0.25) is 4.98 Å². The highest BCUT2D eigenvalue weighted by Crippen LogP contribution is 2.27. The minimum Gasteiger partial charge on any atom is -0.478 e. The van der Waals surface area contributed by atoms with Gasteiger partial charge in [0, 0.05) is 28.5 Å². The molecule has 1 aromatic carbocycles. The average molecular weight is 234 g/mol. The minimum absolute atomic E-state index is 0.150. The molecule has 1 aromatic heterocycles. The third-order valence-electron chi connectivity index (χ3n) is 2.17. The number of halogens is 1. The molecule has 0 fully saturated rings. The number of carboxylic acid groups (broad SMARTS) is 1. The van der Waals surface area contributed by atoms with Crippen LogP contribution in [0.5, 0.6) is 0 Å². The van der Waals surface area contributed by atoms with Gasteiger partial charge < -0.3 is 5.11 Å². The van der Waals surface area contributed by atoms with E-state index in [0.29, 0.717) is 10.6 Å². The molecule has 16 heavy (non-hydrogen) atoms. The van der Waals surface area contributed by atoms with Crippen molar-refractivity contribution in [1.29, 1.82) is 0 Å². The number of nitrogens with zero attached hydrogens (tertiary/aromatic N) is 1. The molecular formula is C12H8ClNO2. The summed E-state index contributed by atoms with van der Waals surface area (Å²) in [7, 11) is 0. The summed E-state index contributed by atoms with van der Waals surface area (Å²) in [5.41, 5.74) is 1.63. The fourth-order valence-electron chi connectivity index (χ4n) is 1.40. The highest BCUT2D eigenvalue weighted by Gasteiger charge is 2.07. The Labute approximate surface area is 97.3 Å². The topological polar surface area (TPSA) is 50.2 Å². The van der Waals surface area contributed by atoms with E-state index in [0.717, 1.165) is 5.56 Å². The zero-order valence-corrected chi connectivity index (χ0v) is 8.98. The molecule has 0 bridgehead atoms. The summed E-state index contributed by atoms with van der Waals surface area (Å²) in [6, 6.07) is 8.79. The molecule has 0 saturated heterocycles. The van der Waals surface area contributed by atoms with Gasteiger partial charge in [0.15, 0.2) is 0 Å². The van der Waals surface area contributed by atoms with Crippen molar-refractivity contribution >= 4 is 17.6 Å². The third-order valence-corrected chi connectivity index (χ3v) is 2.50. The summed E-state index contributed by atoms with van der Waals surface area (Å²) in [4.78, 5) is 14.7. The van der Waals surface area contributed by atoms with Crippen LogP contribution in [0.1, 0.15) is 10.4 Å². The maximum atomic E-state index is 10.8. The Morgan fingerprint density at radius 1 is 1.25 bits per heavy atom. The van der Waals surface area contributed by atoms with Crippen LogP contribution in [-0.2, 0) is 0 Å². The predicted octanol–water partition coefficient (Wildman–Crippen LogP) is 3.10. The van der Waals surface area contributed by atoms with Crippen LogP contribution >= 0.6 is 11.6 Å². The van der Waals surface area contributed by atoms with Crippen molar-refractivity contribution in [2.45, 2.75) is 0 Å². The van der Waals surface area contributed by atoms with Gasteiger partial charge in [0.1, 0.15) is 0 Å². The summed E-state index contributed by atoms with van der Waals surface area (Å²) < 4.78 is 0. The van der Waals surface area contributed by atoms with E-state index in [-0.39, 0.29) is 5.56 Å². The molecule has 0 spiro atoms. The first-order valence-electron chi connectivity index (χ1n) is 4.62. The molecule has 0 saturated carbocycles. The van der Waals surface area contributed by atoms with Gasteiger partial charge in [-0.2, -0.15) is 0 Å². The monoisotopic (exact) mass is 233 g/mol. The molecule has 4 heteroatoms. The van der Waals surface area contributed by atoms with Gasteiger partial charge in [0.2, 0.25) is 0 Å². The van der Waals surface area contributed by atoms with Gasteiger partial charge in [-0.1, -0.05) is 29.8 Å². The maximum Gasteiger partial charge on any atom is 0.337 e. The summed E-state index contributed by atoms with van der Waals surface area (Å²) >= 11 is 6.02. The standard InChI is InChI=1S/C12H8ClNO2/c13-11-4-2-1-3-10(11)8-5-9(12(15)16)7-14-6-8/h1-7H,(H,15,16). The lowest BCUT2D eigenvalue weighted by molar-refractivity contribution is 0.0696. The zero-order chi connectivity index (χ0) is 11.5. The van der Waals surface area contributed by atoms with E-state index in [1.54, 1.807) is 18.3 Å². The van der Waals surface area contributed by atoms with Crippen molar-refractivity contribution in [3.8, 4) is 11.1 Å². The van der Waals surface area contributed by atoms with E-state index < -0.39 is 5.97 Å². The number of hydrogen-bond donors (Lipinski definition) is 1. The molecule has 1 heterocycles. The third kappa shape index (κ3) is 2.04. The Morgan fingerprint density at radius 2 is 2.00 bits per heavy atom. The highest BCUT2D eigenvalue weighted by molar-refractivity contribution is 6.33. The first-order chi connectivity index (χ1) is 7.68. The van der Waals surface area contributed by atoms with E-state index >= 15 is 0 Å².